The summed E-state index contributed by atoms with van der Waals surface area (Å²) in [6.07, 6.45) is 13.2. The minimum atomic E-state index is 0.541. The fourth-order valence-corrected chi connectivity index (χ4v) is 5.28. The van der Waals surface area contributed by atoms with Crippen LogP contribution in [0.2, 0.25) is 0 Å². The van der Waals surface area contributed by atoms with E-state index in [1.807, 2.05) is 43.5 Å². The summed E-state index contributed by atoms with van der Waals surface area (Å²) in [5.41, 5.74) is 8.76. The van der Waals surface area contributed by atoms with Crippen molar-refractivity contribution < 1.29 is 0 Å². The van der Waals surface area contributed by atoms with Gasteiger partial charge in [-0.1, -0.05) is 31.7 Å². The molecule has 0 amide bonds. The van der Waals surface area contributed by atoms with Crippen molar-refractivity contribution in [3.05, 3.63) is 90.5 Å². The fraction of sp³-hybridized carbons (Fsp3) is 0.172. The molecule has 1 saturated carbocycles. The average Bonchev–Trinajstić information content (AvgIpc) is 3.64. The first-order valence-electron chi connectivity index (χ1n) is 12.3. The quantitative estimate of drug-likeness (QED) is 0.197. The van der Waals surface area contributed by atoms with E-state index in [1.54, 1.807) is 17.5 Å². The molecule has 5 heterocycles. The highest BCUT2D eigenvalue weighted by molar-refractivity contribution is 7.13. The Labute approximate surface area is 218 Å². The van der Waals surface area contributed by atoms with Gasteiger partial charge in [0.15, 0.2) is 11.5 Å². The van der Waals surface area contributed by atoms with Crippen LogP contribution in [0.4, 0.5) is 0 Å². The standard InChI is InChI=1S/C29H27N7S/c1-4-18(14-20(5-2)31-17(3)19-8-6-9-19)22-11-12-23-27(32-22)28(36-35-23)29-33-24-16-30-15-21(26(24)34-29)25-10-7-13-37-25/h4-5,7,10-16,19,31H,2-3,6,8-9H2,1H3,(H,33,34)(H,35,36)/b18-4+,20-14+. The third kappa shape index (κ3) is 4.29. The van der Waals surface area contributed by atoms with Gasteiger partial charge >= 0.3 is 0 Å². The second kappa shape index (κ2) is 9.63. The number of nitrogens with zero attached hydrogens (tertiary/aromatic N) is 4. The molecule has 5 aromatic rings. The van der Waals surface area contributed by atoms with E-state index < -0.39 is 0 Å². The van der Waals surface area contributed by atoms with E-state index in [9.17, 15) is 0 Å². The number of imidazole rings is 1. The van der Waals surface area contributed by atoms with Crippen molar-refractivity contribution in [3.8, 4) is 22.0 Å². The molecule has 0 atom stereocenters. The zero-order valence-electron chi connectivity index (χ0n) is 20.6. The van der Waals surface area contributed by atoms with Gasteiger partial charge in [0.1, 0.15) is 11.0 Å². The molecular formula is C29H27N7S. The zero-order chi connectivity index (χ0) is 25.4. The molecule has 0 aromatic carbocycles. The number of aromatic amines is 2. The van der Waals surface area contributed by atoms with Crippen LogP contribution in [-0.2, 0) is 0 Å². The molecule has 7 nitrogen and oxygen atoms in total. The van der Waals surface area contributed by atoms with Crippen LogP contribution in [0.25, 0.3) is 49.6 Å². The first-order chi connectivity index (χ1) is 18.1. The average molecular weight is 506 g/mol. The number of hydrogen-bond donors (Lipinski definition) is 3. The van der Waals surface area contributed by atoms with Crippen LogP contribution < -0.4 is 5.32 Å². The van der Waals surface area contributed by atoms with Gasteiger partial charge < -0.3 is 10.3 Å². The van der Waals surface area contributed by atoms with Gasteiger partial charge in [-0.2, -0.15) is 5.10 Å². The molecule has 0 spiro atoms. The normalized spacial score (nSPS) is 14.7. The number of nitrogens with one attached hydrogen (secondary N) is 3. The first-order valence-corrected chi connectivity index (χ1v) is 13.2. The van der Waals surface area contributed by atoms with Gasteiger partial charge in [0.2, 0.25) is 0 Å². The minimum absolute atomic E-state index is 0.541. The summed E-state index contributed by atoms with van der Waals surface area (Å²) in [4.78, 5) is 18.8. The molecule has 6 rings (SSSR count). The minimum Gasteiger partial charge on any atom is -0.359 e. The molecule has 1 aliphatic rings. The summed E-state index contributed by atoms with van der Waals surface area (Å²) in [6.45, 7) is 10.2. The van der Waals surface area contributed by atoms with E-state index in [-0.39, 0.29) is 0 Å². The van der Waals surface area contributed by atoms with Crippen LogP contribution >= 0.6 is 11.3 Å². The number of fused-ring (bicyclic) bond motifs is 2. The Hall–Kier alpha value is -4.30. The summed E-state index contributed by atoms with van der Waals surface area (Å²) < 4.78 is 0. The predicted octanol–water partition coefficient (Wildman–Crippen LogP) is 7.00. The van der Waals surface area contributed by atoms with Crippen LogP contribution in [0.1, 0.15) is 31.9 Å². The predicted molar refractivity (Wildman–Crippen MR) is 152 cm³/mol. The van der Waals surface area contributed by atoms with Crippen molar-refractivity contribution in [2.75, 3.05) is 0 Å². The number of hydrogen-bond acceptors (Lipinski definition) is 6. The maximum Gasteiger partial charge on any atom is 0.161 e. The van der Waals surface area contributed by atoms with E-state index in [1.165, 1.54) is 19.3 Å². The smallest absolute Gasteiger partial charge is 0.161 e. The van der Waals surface area contributed by atoms with Gasteiger partial charge in [-0.3, -0.25) is 10.1 Å². The largest absolute Gasteiger partial charge is 0.359 e. The molecule has 1 fully saturated rings. The lowest BCUT2D eigenvalue weighted by Crippen LogP contribution is -2.23. The van der Waals surface area contributed by atoms with Crippen molar-refractivity contribution in [2.45, 2.75) is 26.2 Å². The lowest BCUT2D eigenvalue weighted by atomic mass is 9.83. The second-order valence-corrected chi connectivity index (χ2v) is 10.1. The molecule has 0 aliphatic heterocycles. The Kier molecular flexibility index (Phi) is 6.02. The molecule has 0 saturated heterocycles. The van der Waals surface area contributed by atoms with Gasteiger partial charge in [0, 0.05) is 28.0 Å². The summed E-state index contributed by atoms with van der Waals surface area (Å²) in [7, 11) is 0. The molecule has 1 aliphatic carbocycles. The number of thiophene rings is 1. The molecule has 5 aromatic heterocycles. The first kappa shape index (κ1) is 23.1. The fourth-order valence-electron chi connectivity index (χ4n) is 4.54. The van der Waals surface area contributed by atoms with Gasteiger partial charge in [0.25, 0.3) is 0 Å². The highest BCUT2D eigenvalue weighted by atomic mass is 32.1. The van der Waals surface area contributed by atoms with E-state index in [4.69, 9.17) is 9.97 Å². The lowest BCUT2D eigenvalue weighted by Gasteiger charge is -2.28. The molecule has 8 heteroatoms. The Balaban J connectivity index is 1.37. The lowest BCUT2D eigenvalue weighted by molar-refractivity contribution is 0.356. The highest BCUT2D eigenvalue weighted by Gasteiger charge is 2.21. The molecule has 0 unspecified atom stereocenters. The topological polar surface area (TPSA) is 95.2 Å². The molecule has 37 heavy (non-hydrogen) atoms. The molecule has 0 radical (unpaired) electrons. The SMILES string of the molecule is C=C/C(=C\C(=C/C)c1ccc2[nH]nc(-c3nc4c(-c5cccs5)cncc4[nH]3)c2n1)NC(=C)C1CCC1. The highest BCUT2D eigenvalue weighted by Crippen LogP contribution is 2.33. The molecule has 0 bridgehead atoms. The van der Waals surface area contributed by atoms with Gasteiger partial charge in [0.05, 0.1) is 22.9 Å². The van der Waals surface area contributed by atoms with Crippen LogP contribution in [0.3, 0.4) is 0 Å². The van der Waals surface area contributed by atoms with Crippen molar-refractivity contribution >= 4 is 39.0 Å². The van der Waals surface area contributed by atoms with Gasteiger partial charge in [-0.05, 0) is 67.0 Å². The number of aromatic nitrogens is 6. The van der Waals surface area contributed by atoms with E-state index in [0.29, 0.717) is 17.4 Å². The maximum atomic E-state index is 4.99. The molecule has 184 valence electrons. The van der Waals surface area contributed by atoms with Crippen molar-refractivity contribution in [1.82, 2.24) is 35.5 Å². The Morgan fingerprint density at radius 1 is 1.14 bits per heavy atom. The Morgan fingerprint density at radius 3 is 2.76 bits per heavy atom. The van der Waals surface area contributed by atoms with Crippen LogP contribution in [0, 0.1) is 5.92 Å². The second-order valence-electron chi connectivity index (χ2n) is 9.14. The summed E-state index contributed by atoms with van der Waals surface area (Å²) in [6, 6.07) is 8.10. The van der Waals surface area contributed by atoms with E-state index in [2.05, 4.69) is 56.2 Å². The maximum absolute atomic E-state index is 4.99. The molecule has 3 N–H and O–H groups in total. The van der Waals surface area contributed by atoms with Crippen LogP contribution in [-0.4, -0.2) is 30.1 Å². The van der Waals surface area contributed by atoms with Crippen molar-refractivity contribution in [2.24, 2.45) is 5.92 Å². The van der Waals surface area contributed by atoms with Gasteiger partial charge in [-0.25, -0.2) is 9.97 Å². The number of pyridine rings is 2. The number of allylic oxidation sites excluding steroid dienone is 5. The van der Waals surface area contributed by atoms with Crippen LogP contribution in [0.5, 0.6) is 0 Å². The summed E-state index contributed by atoms with van der Waals surface area (Å²) in [5.74, 6) is 1.19. The van der Waals surface area contributed by atoms with Crippen LogP contribution in [0.15, 0.2) is 84.8 Å². The van der Waals surface area contributed by atoms with Crippen molar-refractivity contribution in [1.29, 1.82) is 0 Å². The Bertz CT molecular complexity index is 1680. The third-order valence-electron chi connectivity index (χ3n) is 6.85. The van der Waals surface area contributed by atoms with E-state index >= 15 is 0 Å². The zero-order valence-corrected chi connectivity index (χ0v) is 21.4. The van der Waals surface area contributed by atoms with Gasteiger partial charge in [-0.15, -0.1) is 11.3 Å². The Morgan fingerprint density at radius 2 is 2.03 bits per heavy atom. The monoisotopic (exact) mass is 505 g/mol. The molecular weight excluding hydrogens is 478 g/mol. The summed E-state index contributed by atoms with van der Waals surface area (Å²) >= 11 is 1.67. The third-order valence-corrected chi connectivity index (χ3v) is 7.76. The number of H-pyrrole nitrogens is 2. The number of rotatable bonds is 8. The van der Waals surface area contributed by atoms with E-state index in [0.717, 1.165) is 55.2 Å². The van der Waals surface area contributed by atoms with Crippen molar-refractivity contribution in [3.63, 3.8) is 0 Å². The summed E-state index contributed by atoms with van der Waals surface area (Å²) in [5, 5.41) is 13.2.